The van der Waals surface area contributed by atoms with E-state index < -0.39 is 19.1 Å². The maximum absolute atomic E-state index is 11.5. The van der Waals surface area contributed by atoms with Crippen molar-refractivity contribution in [1.82, 2.24) is 5.32 Å². The SMILES string of the molecule is CC(C)C(O)CNCCOC(F)(F)F. The number of halogens is 3. The Morgan fingerprint density at radius 3 is 2.36 bits per heavy atom. The van der Waals surface area contributed by atoms with E-state index in [9.17, 15) is 18.3 Å². The summed E-state index contributed by atoms with van der Waals surface area (Å²) in [6.45, 7) is 3.58. The zero-order valence-corrected chi connectivity index (χ0v) is 8.27. The van der Waals surface area contributed by atoms with Crippen LogP contribution in [0.3, 0.4) is 0 Å². The zero-order valence-electron chi connectivity index (χ0n) is 8.27. The van der Waals surface area contributed by atoms with Gasteiger partial charge in [0.2, 0.25) is 0 Å². The fourth-order valence-electron chi connectivity index (χ4n) is 0.725. The summed E-state index contributed by atoms with van der Waals surface area (Å²) in [6, 6.07) is 0. The molecule has 1 unspecified atom stereocenters. The molecule has 0 fully saturated rings. The van der Waals surface area contributed by atoms with E-state index in [0.29, 0.717) is 0 Å². The topological polar surface area (TPSA) is 41.5 Å². The first-order valence-corrected chi connectivity index (χ1v) is 4.42. The lowest BCUT2D eigenvalue weighted by molar-refractivity contribution is -0.323. The summed E-state index contributed by atoms with van der Waals surface area (Å²) < 4.78 is 37.9. The second-order valence-corrected chi connectivity index (χ2v) is 3.31. The minimum atomic E-state index is -4.57. The molecule has 6 heteroatoms. The summed E-state index contributed by atoms with van der Waals surface area (Å²) in [5.74, 6) is 0.0889. The standard InChI is InChI=1S/C8H16F3NO2/c1-6(2)7(13)5-12-3-4-14-8(9,10)11/h6-7,12-13H,3-5H2,1-2H3. The van der Waals surface area contributed by atoms with Gasteiger partial charge in [0.1, 0.15) is 0 Å². The molecule has 0 rings (SSSR count). The van der Waals surface area contributed by atoms with Crippen LogP contribution in [0, 0.1) is 5.92 Å². The lowest BCUT2D eigenvalue weighted by Crippen LogP contribution is -2.33. The van der Waals surface area contributed by atoms with Crippen molar-refractivity contribution in [2.75, 3.05) is 19.7 Å². The Kier molecular flexibility index (Phi) is 6.06. The van der Waals surface area contributed by atoms with Gasteiger partial charge in [-0.3, -0.25) is 4.74 Å². The Bertz CT molecular complexity index is 150. The van der Waals surface area contributed by atoms with Crippen molar-refractivity contribution in [3.63, 3.8) is 0 Å². The molecule has 0 spiro atoms. The smallest absolute Gasteiger partial charge is 0.392 e. The summed E-state index contributed by atoms with van der Waals surface area (Å²) in [5.41, 5.74) is 0. The van der Waals surface area contributed by atoms with Crippen LogP contribution in [0.1, 0.15) is 13.8 Å². The Balaban J connectivity index is 3.30. The fraction of sp³-hybridized carbons (Fsp3) is 1.00. The van der Waals surface area contributed by atoms with Crippen LogP contribution < -0.4 is 5.32 Å². The van der Waals surface area contributed by atoms with Gasteiger partial charge < -0.3 is 10.4 Å². The molecule has 0 saturated heterocycles. The highest BCUT2D eigenvalue weighted by Gasteiger charge is 2.28. The number of ether oxygens (including phenoxy) is 1. The normalized spacial score (nSPS) is 14.8. The fourth-order valence-corrected chi connectivity index (χ4v) is 0.725. The Morgan fingerprint density at radius 2 is 1.93 bits per heavy atom. The molecule has 3 nitrogen and oxygen atoms in total. The molecule has 0 aromatic rings. The van der Waals surface area contributed by atoms with Crippen molar-refractivity contribution >= 4 is 0 Å². The highest BCUT2D eigenvalue weighted by molar-refractivity contribution is 4.62. The van der Waals surface area contributed by atoms with Crippen LogP contribution in [0.2, 0.25) is 0 Å². The molecule has 0 aromatic carbocycles. The lowest BCUT2D eigenvalue weighted by atomic mass is 10.1. The summed E-state index contributed by atoms with van der Waals surface area (Å²) >= 11 is 0. The highest BCUT2D eigenvalue weighted by atomic mass is 19.4. The number of rotatable bonds is 6. The van der Waals surface area contributed by atoms with E-state index >= 15 is 0 Å². The first-order chi connectivity index (χ1) is 6.33. The third-order valence-electron chi connectivity index (χ3n) is 1.67. The van der Waals surface area contributed by atoms with Gasteiger partial charge >= 0.3 is 6.36 Å². The molecule has 0 amide bonds. The van der Waals surface area contributed by atoms with E-state index in [1.807, 2.05) is 13.8 Å². The van der Waals surface area contributed by atoms with Crippen molar-refractivity contribution in [3.05, 3.63) is 0 Å². The van der Waals surface area contributed by atoms with Crippen LogP contribution in [0.4, 0.5) is 13.2 Å². The van der Waals surface area contributed by atoms with Crippen LogP contribution in [0.5, 0.6) is 0 Å². The first-order valence-electron chi connectivity index (χ1n) is 4.42. The third kappa shape index (κ3) is 8.28. The van der Waals surface area contributed by atoms with E-state index in [0.717, 1.165) is 0 Å². The average molecular weight is 215 g/mol. The van der Waals surface area contributed by atoms with Gasteiger partial charge in [0, 0.05) is 13.1 Å². The van der Waals surface area contributed by atoms with E-state index in [1.54, 1.807) is 0 Å². The van der Waals surface area contributed by atoms with Crippen molar-refractivity contribution in [2.24, 2.45) is 5.92 Å². The van der Waals surface area contributed by atoms with Crippen LogP contribution in [-0.2, 0) is 4.74 Å². The van der Waals surface area contributed by atoms with Gasteiger partial charge in [-0.1, -0.05) is 13.8 Å². The molecule has 0 saturated carbocycles. The number of hydrogen-bond donors (Lipinski definition) is 2. The van der Waals surface area contributed by atoms with Crippen LogP contribution >= 0.6 is 0 Å². The molecule has 0 aliphatic carbocycles. The quantitative estimate of drug-likeness (QED) is 0.652. The first kappa shape index (κ1) is 13.7. The molecule has 2 N–H and O–H groups in total. The van der Waals surface area contributed by atoms with Gasteiger partial charge in [0.25, 0.3) is 0 Å². The molecule has 0 bridgehead atoms. The van der Waals surface area contributed by atoms with E-state index in [4.69, 9.17) is 0 Å². The van der Waals surface area contributed by atoms with Crippen molar-refractivity contribution in [1.29, 1.82) is 0 Å². The molecule has 86 valence electrons. The second kappa shape index (κ2) is 6.21. The Labute approximate surface area is 81.2 Å². The number of hydrogen-bond acceptors (Lipinski definition) is 3. The molecule has 0 aromatic heterocycles. The summed E-state index contributed by atoms with van der Waals surface area (Å²) in [5, 5.41) is 11.9. The highest BCUT2D eigenvalue weighted by Crippen LogP contribution is 2.15. The number of nitrogens with one attached hydrogen (secondary N) is 1. The summed E-state index contributed by atoms with van der Waals surface area (Å²) in [7, 11) is 0. The predicted octanol–water partition coefficient (Wildman–Crippen LogP) is 1.13. The second-order valence-electron chi connectivity index (χ2n) is 3.31. The molecule has 1 atom stereocenters. The maximum atomic E-state index is 11.5. The number of alkyl halides is 3. The largest absolute Gasteiger partial charge is 0.522 e. The molecule has 0 aliphatic heterocycles. The minimum absolute atomic E-state index is 0.0727. The average Bonchev–Trinajstić information content (AvgIpc) is 2.01. The number of aliphatic hydroxyl groups excluding tert-OH is 1. The third-order valence-corrected chi connectivity index (χ3v) is 1.67. The van der Waals surface area contributed by atoms with Crippen molar-refractivity contribution in [3.8, 4) is 0 Å². The number of aliphatic hydroxyl groups is 1. The Hall–Kier alpha value is -0.330. The molecular formula is C8H16F3NO2. The van der Waals surface area contributed by atoms with Gasteiger partial charge in [0.05, 0.1) is 12.7 Å². The van der Waals surface area contributed by atoms with E-state index in [1.165, 1.54) is 0 Å². The molecule has 0 aliphatic rings. The van der Waals surface area contributed by atoms with Gasteiger partial charge in [-0.2, -0.15) is 0 Å². The summed E-state index contributed by atoms with van der Waals surface area (Å²) in [4.78, 5) is 0. The van der Waals surface area contributed by atoms with E-state index in [-0.39, 0.29) is 19.0 Å². The molecule has 0 heterocycles. The molecular weight excluding hydrogens is 199 g/mol. The van der Waals surface area contributed by atoms with Crippen molar-refractivity contribution in [2.45, 2.75) is 26.3 Å². The van der Waals surface area contributed by atoms with Gasteiger partial charge in [-0.05, 0) is 5.92 Å². The van der Waals surface area contributed by atoms with Gasteiger partial charge in [-0.25, -0.2) is 0 Å². The zero-order chi connectivity index (χ0) is 11.2. The monoisotopic (exact) mass is 215 g/mol. The van der Waals surface area contributed by atoms with Crippen molar-refractivity contribution < 1.29 is 23.0 Å². The Morgan fingerprint density at radius 1 is 1.36 bits per heavy atom. The van der Waals surface area contributed by atoms with E-state index in [2.05, 4.69) is 10.1 Å². The van der Waals surface area contributed by atoms with Gasteiger partial charge in [-0.15, -0.1) is 13.2 Å². The minimum Gasteiger partial charge on any atom is -0.392 e. The maximum Gasteiger partial charge on any atom is 0.522 e. The van der Waals surface area contributed by atoms with Gasteiger partial charge in [0.15, 0.2) is 0 Å². The lowest BCUT2D eigenvalue weighted by Gasteiger charge is -2.15. The molecule has 0 radical (unpaired) electrons. The predicted molar refractivity (Wildman–Crippen MR) is 45.7 cm³/mol. The van der Waals surface area contributed by atoms with Crippen LogP contribution in [-0.4, -0.2) is 37.3 Å². The van der Waals surface area contributed by atoms with Crippen LogP contribution in [0.15, 0.2) is 0 Å². The molecule has 14 heavy (non-hydrogen) atoms. The summed E-state index contributed by atoms with van der Waals surface area (Å²) in [6.07, 6.45) is -5.11. The van der Waals surface area contributed by atoms with Crippen LogP contribution in [0.25, 0.3) is 0 Å².